The van der Waals surface area contributed by atoms with Crippen LogP contribution in [0, 0.1) is 0 Å². The molecule has 0 atom stereocenters. The summed E-state index contributed by atoms with van der Waals surface area (Å²) < 4.78 is 44.4. The van der Waals surface area contributed by atoms with Crippen LogP contribution in [-0.4, -0.2) is 36.0 Å². The van der Waals surface area contributed by atoms with E-state index in [1.807, 2.05) is 0 Å². The molecule has 8 nitrogen and oxygen atoms in total. The van der Waals surface area contributed by atoms with Crippen LogP contribution in [0.25, 0.3) is 0 Å². The van der Waals surface area contributed by atoms with E-state index in [4.69, 9.17) is 14.5 Å². The third-order valence-corrected chi connectivity index (χ3v) is 5.68. The first kappa shape index (κ1) is 16.2. The Hall–Kier alpha value is -2.32. The highest BCUT2D eigenvalue weighted by molar-refractivity contribution is 7.90. The molecular weight excluding hydrogens is 369 g/mol. The van der Waals surface area contributed by atoms with Gasteiger partial charge >= 0.3 is 7.60 Å². The highest BCUT2D eigenvalue weighted by atomic mass is 32.2. The van der Waals surface area contributed by atoms with Gasteiger partial charge < -0.3 is 14.5 Å². The number of carbonyl (C=O) groups is 1. The van der Waals surface area contributed by atoms with E-state index < -0.39 is 29.8 Å². The fourth-order valence-electron chi connectivity index (χ4n) is 2.95. The Kier molecular flexibility index (Phi) is 3.29. The lowest BCUT2D eigenvalue weighted by atomic mass is 9.83. The summed E-state index contributed by atoms with van der Waals surface area (Å²) >= 11 is 0. The molecule has 1 heterocycles. The molecule has 2 aromatic rings. The third kappa shape index (κ3) is 2.44. The van der Waals surface area contributed by atoms with Crippen molar-refractivity contribution < 1.29 is 32.3 Å². The third-order valence-electron chi connectivity index (χ3n) is 3.89. The number of carbonyl (C=O) groups excluding carboxylic acids is 1. The van der Waals surface area contributed by atoms with Gasteiger partial charge in [0.2, 0.25) is 0 Å². The molecule has 2 aliphatic rings. The van der Waals surface area contributed by atoms with E-state index >= 15 is 0 Å². The van der Waals surface area contributed by atoms with Crippen LogP contribution in [-0.2, 0) is 14.6 Å². The molecule has 10 heteroatoms. The van der Waals surface area contributed by atoms with Gasteiger partial charge in [0, 0.05) is 16.7 Å². The molecule has 0 saturated heterocycles. The minimum atomic E-state index is -4.45. The normalized spacial score (nSPS) is 16.9. The molecule has 0 amide bonds. The van der Waals surface area contributed by atoms with E-state index in [1.165, 1.54) is 36.4 Å². The molecule has 0 aromatic heterocycles. The van der Waals surface area contributed by atoms with Crippen LogP contribution in [0.4, 0.5) is 0 Å². The quantitative estimate of drug-likeness (QED) is 0.656. The van der Waals surface area contributed by atoms with Crippen molar-refractivity contribution in [2.24, 2.45) is 4.40 Å². The van der Waals surface area contributed by atoms with Gasteiger partial charge in [-0.15, -0.1) is 0 Å². The first-order chi connectivity index (χ1) is 11.7. The minimum Gasteiger partial charge on any atom is -0.480 e. The van der Waals surface area contributed by atoms with Crippen LogP contribution < -0.4 is 4.74 Å². The Labute approximate surface area is 142 Å². The number of nitrogens with zero attached hydrogens (tertiary/aromatic N) is 1. The van der Waals surface area contributed by atoms with Crippen molar-refractivity contribution in [3.8, 4) is 5.75 Å². The van der Waals surface area contributed by atoms with Crippen LogP contribution in [0.15, 0.2) is 45.7 Å². The molecule has 0 fully saturated rings. The lowest BCUT2D eigenvalue weighted by Gasteiger charge is -2.21. The lowest BCUT2D eigenvalue weighted by Crippen LogP contribution is -2.21. The van der Waals surface area contributed by atoms with Crippen LogP contribution in [0.2, 0.25) is 0 Å². The summed E-state index contributed by atoms with van der Waals surface area (Å²) in [7, 11) is -8.34. The molecule has 2 aromatic carbocycles. The van der Waals surface area contributed by atoms with Crippen LogP contribution in [0.1, 0.15) is 27.0 Å². The summed E-state index contributed by atoms with van der Waals surface area (Å²) in [5, 5.41) is 0. The van der Waals surface area contributed by atoms with E-state index in [9.17, 15) is 17.8 Å². The zero-order valence-corrected chi connectivity index (χ0v) is 14.1. The number of ether oxygens (including phenoxy) is 1. The van der Waals surface area contributed by atoms with E-state index in [1.54, 1.807) is 0 Å². The number of ketones is 1. The highest BCUT2D eigenvalue weighted by Gasteiger charge is 2.40. The van der Waals surface area contributed by atoms with Gasteiger partial charge in [-0.2, -0.15) is 12.8 Å². The van der Waals surface area contributed by atoms with Crippen molar-refractivity contribution >= 4 is 29.1 Å². The molecule has 1 aliphatic heterocycles. The van der Waals surface area contributed by atoms with Gasteiger partial charge in [0.25, 0.3) is 10.0 Å². The van der Waals surface area contributed by atoms with Crippen LogP contribution >= 0.6 is 7.60 Å². The molecule has 2 N–H and O–H groups in total. The van der Waals surface area contributed by atoms with Crippen molar-refractivity contribution in [2.45, 2.75) is 4.90 Å². The van der Waals surface area contributed by atoms with Gasteiger partial charge in [0.1, 0.15) is 5.75 Å². The first-order valence-corrected chi connectivity index (χ1v) is 10.3. The molecule has 0 radical (unpaired) electrons. The maximum atomic E-state index is 12.9. The Balaban J connectivity index is 1.96. The van der Waals surface area contributed by atoms with Gasteiger partial charge in [-0.25, -0.2) is 0 Å². The molecule has 0 unspecified atom stereocenters. The maximum Gasteiger partial charge on any atom is 0.362 e. The predicted octanol–water partition coefficient (Wildman–Crippen LogP) is 1.28. The summed E-state index contributed by atoms with van der Waals surface area (Å²) in [5.41, 5.74) is 0.858. The molecule has 4 rings (SSSR count). The predicted molar refractivity (Wildman–Crippen MR) is 86.7 cm³/mol. The molecule has 128 valence electrons. The second-order valence-corrected chi connectivity index (χ2v) is 8.70. The fraction of sp³-hybridized carbons (Fsp3) is 0.0667. The summed E-state index contributed by atoms with van der Waals surface area (Å²) in [6.45, 7) is 0. The molecule has 25 heavy (non-hydrogen) atoms. The number of hydrogen-bond donors (Lipinski definition) is 2. The Morgan fingerprint density at radius 3 is 2.44 bits per heavy atom. The molecule has 0 saturated carbocycles. The summed E-state index contributed by atoms with van der Waals surface area (Å²) in [4.78, 5) is 30.8. The molecule has 0 spiro atoms. The Morgan fingerprint density at radius 1 is 1.04 bits per heavy atom. The smallest absolute Gasteiger partial charge is 0.362 e. The second-order valence-electron chi connectivity index (χ2n) is 5.54. The average Bonchev–Trinajstić information content (AvgIpc) is 2.82. The zero-order valence-electron chi connectivity index (χ0n) is 12.4. The number of hydrogen-bond acceptors (Lipinski definition) is 5. The summed E-state index contributed by atoms with van der Waals surface area (Å²) in [5.74, 6) is -0.516. The average molecular weight is 379 g/mol. The SMILES string of the molecule is O=C1c2cccc3c2C(=NS3(=O)=O)c2cccc(OCP(=O)(O)O)c21. The van der Waals surface area contributed by atoms with Gasteiger partial charge in [0.05, 0.1) is 16.2 Å². The van der Waals surface area contributed by atoms with E-state index in [0.717, 1.165) is 0 Å². The number of sulfonamides is 1. The largest absolute Gasteiger partial charge is 0.480 e. The van der Waals surface area contributed by atoms with Gasteiger partial charge in [-0.05, 0) is 12.1 Å². The van der Waals surface area contributed by atoms with Crippen molar-refractivity contribution in [1.29, 1.82) is 0 Å². The first-order valence-electron chi connectivity index (χ1n) is 7.03. The number of fused-ring (bicyclic) bond motifs is 2. The Morgan fingerprint density at radius 2 is 1.72 bits per heavy atom. The second kappa shape index (κ2) is 5.09. The highest BCUT2D eigenvalue weighted by Crippen LogP contribution is 2.41. The van der Waals surface area contributed by atoms with Gasteiger partial charge in [0.15, 0.2) is 12.1 Å². The topological polar surface area (TPSA) is 130 Å². The van der Waals surface area contributed by atoms with Crippen molar-refractivity contribution in [1.82, 2.24) is 0 Å². The number of benzene rings is 2. The van der Waals surface area contributed by atoms with Gasteiger partial charge in [-0.3, -0.25) is 9.36 Å². The fourth-order valence-corrected chi connectivity index (χ4v) is 4.50. The van der Waals surface area contributed by atoms with Crippen molar-refractivity contribution in [3.05, 3.63) is 58.7 Å². The Bertz CT molecular complexity index is 1130. The van der Waals surface area contributed by atoms with Crippen molar-refractivity contribution in [3.63, 3.8) is 0 Å². The van der Waals surface area contributed by atoms with E-state index in [-0.39, 0.29) is 38.6 Å². The van der Waals surface area contributed by atoms with Crippen LogP contribution in [0.3, 0.4) is 0 Å². The monoisotopic (exact) mass is 379 g/mol. The van der Waals surface area contributed by atoms with E-state index in [0.29, 0.717) is 0 Å². The molecule has 1 aliphatic carbocycles. The van der Waals surface area contributed by atoms with Crippen molar-refractivity contribution in [2.75, 3.05) is 6.35 Å². The van der Waals surface area contributed by atoms with E-state index in [2.05, 4.69) is 4.40 Å². The maximum absolute atomic E-state index is 12.9. The lowest BCUT2D eigenvalue weighted by molar-refractivity contribution is 0.103. The summed E-state index contributed by atoms with van der Waals surface area (Å²) in [6.07, 6.45) is -0.894. The number of rotatable bonds is 3. The van der Waals surface area contributed by atoms with Crippen LogP contribution in [0.5, 0.6) is 5.75 Å². The molecule has 0 bridgehead atoms. The minimum absolute atomic E-state index is 0.0273. The summed E-state index contributed by atoms with van der Waals surface area (Å²) in [6, 6.07) is 8.74. The molecular formula is C15H10NO7PS. The standard InChI is InChI=1S/C15H10NO7PS/c17-15-9-4-2-6-11-13(9)14(16-25(11,21)22)8-3-1-5-10(12(8)15)23-7-24(18,19)20/h1-6H,7H2,(H2,18,19,20). The van der Waals surface area contributed by atoms with Gasteiger partial charge in [-0.1, -0.05) is 24.3 Å². The zero-order chi connectivity index (χ0) is 18.0.